The van der Waals surface area contributed by atoms with Gasteiger partial charge in [-0.1, -0.05) is 18.3 Å². The third-order valence-corrected chi connectivity index (χ3v) is 3.83. The van der Waals surface area contributed by atoms with Crippen LogP contribution >= 0.6 is 11.3 Å². The molecule has 0 fully saturated rings. The molecule has 1 aromatic rings. The van der Waals surface area contributed by atoms with E-state index in [1.165, 1.54) is 15.9 Å². The van der Waals surface area contributed by atoms with Crippen molar-refractivity contribution in [3.63, 3.8) is 0 Å². The smallest absolute Gasteiger partial charge is 0.308 e. The Kier molecular flexibility index (Phi) is 5.55. The van der Waals surface area contributed by atoms with Crippen molar-refractivity contribution in [2.45, 2.75) is 40.3 Å². The number of thiazole rings is 1. The minimum absolute atomic E-state index is 0.0696. The minimum atomic E-state index is -0.122. The summed E-state index contributed by atoms with van der Waals surface area (Å²) in [4.78, 5) is 24.3. The average Bonchev–Trinajstić information content (AvgIpc) is 2.54. The first-order valence-corrected chi connectivity index (χ1v) is 6.94. The summed E-state index contributed by atoms with van der Waals surface area (Å²) in [6.45, 7) is 9.34. The fourth-order valence-electron chi connectivity index (χ4n) is 1.66. The van der Waals surface area contributed by atoms with Gasteiger partial charge in [0.15, 0.2) is 0 Å². The van der Waals surface area contributed by atoms with Crippen LogP contribution in [-0.2, 0) is 11.3 Å². The van der Waals surface area contributed by atoms with Crippen molar-refractivity contribution >= 4 is 17.2 Å². The molecule has 1 atom stereocenters. The van der Waals surface area contributed by atoms with E-state index in [-0.39, 0.29) is 23.4 Å². The monoisotopic (exact) mass is 271 g/mol. The molecule has 1 amide bonds. The van der Waals surface area contributed by atoms with Gasteiger partial charge in [-0.05, 0) is 27.3 Å². The van der Waals surface area contributed by atoms with Gasteiger partial charge in [0.25, 0.3) is 0 Å². The number of nitrogens with one attached hydrogen (secondary N) is 2. The van der Waals surface area contributed by atoms with Gasteiger partial charge >= 0.3 is 4.87 Å². The Bertz CT molecular complexity index is 464. The van der Waals surface area contributed by atoms with Gasteiger partial charge < -0.3 is 10.6 Å². The molecule has 0 spiro atoms. The number of nitrogens with zero attached hydrogens (tertiary/aromatic N) is 1. The summed E-state index contributed by atoms with van der Waals surface area (Å²) in [6, 6.07) is 0.237. The Hall–Kier alpha value is -1.14. The molecule has 1 aromatic heterocycles. The van der Waals surface area contributed by atoms with Gasteiger partial charge in [0.05, 0.1) is 0 Å². The number of aromatic nitrogens is 1. The zero-order valence-corrected chi connectivity index (χ0v) is 12.2. The molecule has 0 aliphatic rings. The lowest BCUT2D eigenvalue weighted by atomic mass is 10.3. The van der Waals surface area contributed by atoms with Crippen molar-refractivity contribution < 1.29 is 4.79 Å². The molecule has 2 N–H and O–H groups in total. The fraction of sp³-hybridized carbons (Fsp3) is 0.667. The van der Waals surface area contributed by atoms with Crippen LogP contribution in [0.25, 0.3) is 0 Å². The van der Waals surface area contributed by atoms with E-state index in [1.54, 1.807) is 0 Å². The van der Waals surface area contributed by atoms with Crippen LogP contribution in [0.1, 0.15) is 24.4 Å². The molecule has 0 radical (unpaired) electrons. The number of likely N-dealkylation sites (N-methyl/N-ethyl adjacent to an activating group) is 1. The maximum absolute atomic E-state index is 11.7. The van der Waals surface area contributed by atoms with Gasteiger partial charge in [-0.25, -0.2) is 0 Å². The maximum Gasteiger partial charge on any atom is 0.308 e. The van der Waals surface area contributed by atoms with Crippen molar-refractivity contribution in [1.29, 1.82) is 0 Å². The fourth-order valence-corrected chi connectivity index (χ4v) is 2.49. The number of aryl methyl sites for hydroxylation is 1. The molecule has 18 heavy (non-hydrogen) atoms. The van der Waals surface area contributed by atoms with Crippen LogP contribution in [0, 0.1) is 13.8 Å². The summed E-state index contributed by atoms with van der Waals surface area (Å²) >= 11 is 1.19. The predicted octanol–water partition coefficient (Wildman–Crippen LogP) is 0.641. The Morgan fingerprint density at radius 3 is 2.61 bits per heavy atom. The standard InChI is InChI=1S/C12H21N3O2S/c1-5-13-8(2)6-14-11(16)7-15-9(3)10(4)18-12(15)17/h8,13H,5-7H2,1-4H3,(H,14,16)/t8-/m1/s1. The number of hydrogen-bond donors (Lipinski definition) is 2. The minimum Gasteiger partial charge on any atom is -0.353 e. The predicted molar refractivity (Wildman–Crippen MR) is 74.2 cm³/mol. The van der Waals surface area contributed by atoms with Crippen LogP contribution < -0.4 is 15.5 Å². The highest BCUT2D eigenvalue weighted by molar-refractivity contribution is 7.09. The van der Waals surface area contributed by atoms with Gasteiger partial charge in [-0.2, -0.15) is 0 Å². The van der Waals surface area contributed by atoms with Crippen molar-refractivity contribution in [2.75, 3.05) is 13.1 Å². The van der Waals surface area contributed by atoms with Crippen molar-refractivity contribution in [1.82, 2.24) is 15.2 Å². The van der Waals surface area contributed by atoms with E-state index < -0.39 is 0 Å². The zero-order chi connectivity index (χ0) is 13.7. The number of carbonyl (C=O) groups excluding carboxylic acids is 1. The lowest BCUT2D eigenvalue weighted by molar-refractivity contribution is -0.121. The van der Waals surface area contributed by atoms with E-state index in [9.17, 15) is 9.59 Å². The van der Waals surface area contributed by atoms with E-state index in [0.717, 1.165) is 17.1 Å². The van der Waals surface area contributed by atoms with E-state index in [1.807, 2.05) is 27.7 Å². The molecule has 0 aliphatic carbocycles. The first-order chi connectivity index (χ1) is 8.45. The summed E-state index contributed by atoms with van der Waals surface area (Å²) < 4.78 is 1.52. The van der Waals surface area contributed by atoms with Crippen molar-refractivity contribution in [2.24, 2.45) is 0 Å². The van der Waals surface area contributed by atoms with Crippen LogP contribution in [0.2, 0.25) is 0 Å². The molecule has 5 nitrogen and oxygen atoms in total. The van der Waals surface area contributed by atoms with Gasteiger partial charge in [-0.15, -0.1) is 0 Å². The third kappa shape index (κ3) is 3.96. The Labute approximate surface area is 111 Å². The Morgan fingerprint density at radius 2 is 2.11 bits per heavy atom. The van der Waals surface area contributed by atoms with Crippen LogP contribution in [0.15, 0.2) is 4.79 Å². The topological polar surface area (TPSA) is 63.1 Å². The molecule has 102 valence electrons. The lowest BCUT2D eigenvalue weighted by Gasteiger charge is -2.13. The van der Waals surface area contributed by atoms with E-state index in [0.29, 0.717) is 6.54 Å². The van der Waals surface area contributed by atoms with Crippen LogP contribution in [0.3, 0.4) is 0 Å². The molecule has 0 aromatic carbocycles. The molecule has 0 aliphatic heterocycles. The Balaban J connectivity index is 2.52. The van der Waals surface area contributed by atoms with E-state index in [2.05, 4.69) is 10.6 Å². The van der Waals surface area contributed by atoms with Crippen LogP contribution in [-0.4, -0.2) is 29.6 Å². The average molecular weight is 271 g/mol. The molecule has 1 rings (SSSR count). The molecule has 0 bridgehead atoms. The van der Waals surface area contributed by atoms with Crippen LogP contribution in [0.5, 0.6) is 0 Å². The van der Waals surface area contributed by atoms with Gasteiger partial charge in [0, 0.05) is 23.2 Å². The SMILES string of the molecule is CCN[C@H](C)CNC(=O)Cn1c(C)c(C)sc1=O. The zero-order valence-electron chi connectivity index (χ0n) is 11.4. The third-order valence-electron chi connectivity index (χ3n) is 2.83. The second-order valence-corrected chi connectivity index (χ2v) is 5.52. The molecule has 6 heteroatoms. The van der Waals surface area contributed by atoms with Crippen molar-refractivity contribution in [3.05, 3.63) is 20.2 Å². The highest BCUT2D eigenvalue weighted by Gasteiger charge is 2.11. The molecular weight excluding hydrogens is 250 g/mol. The first-order valence-electron chi connectivity index (χ1n) is 6.12. The molecule has 0 unspecified atom stereocenters. The van der Waals surface area contributed by atoms with Crippen LogP contribution in [0.4, 0.5) is 0 Å². The second kappa shape index (κ2) is 6.70. The lowest BCUT2D eigenvalue weighted by Crippen LogP contribution is -2.40. The quantitative estimate of drug-likeness (QED) is 0.798. The molecular formula is C12H21N3O2S. The maximum atomic E-state index is 11.7. The van der Waals surface area contributed by atoms with Gasteiger partial charge in [0.1, 0.15) is 6.54 Å². The van der Waals surface area contributed by atoms with Gasteiger partial charge in [0.2, 0.25) is 5.91 Å². The highest BCUT2D eigenvalue weighted by atomic mass is 32.1. The second-order valence-electron chi connectivity index (χ2n) is 4.36. The Morgan fingerprint density at radius 1 is 1.44 bits per heavy atom. The molecule has 0 saturated heterocycles. The summed E-state index contributed by atoms with van der Waals surface area (Å²) in [5.74, 6) is -0.122. The van der Waals surface area contributed by atoms with Crippen molar-refractivity contribution in [3.8, 4) is 0 Å². The number of carbonyl (C=O) groups is 1. The summed E-state index contributed by atoms with van der Waals surface area (Å²) in [5.41, 5.74) is 0.875. The summed E-state index contributed by atoms with van der Waals surface area (Å²) in [7, 11) is 0. The summed E-state index contributed by atoms with van der Waals surface area (Å²) in [6.07, 6.45) is 0. The molecule has 1 heterocycles. The first kappa shape index (κ1) is 14.9. The highest BCUT2D eigenvalue weighted by Crippen LogP contribution is 2.08. The molecule has 0 saturated carbocycles. The van der Waals surface area contributed by atoms with E-state index in [4.69, 9.17) is 0 Å². The van der Waals surface area contributed by atoms with Gasteiger partial charge in [-0.3, -0.25) is 14.2 Å². The number of amides is 1. The summed E-state index contributed by atoms with van der Waals surface area (Å²) in [5, 5.41) is 6.03. The van der Waals surface area contributed by atoms with E-state index >= 15 is 0 Å². The number of rotatable bonds is 6. The number of hydrogen-bond acceptors (Lipinski definition) is 4. The largest absolute Gasteiger partial charge is 0.353 e. The normalized spacial score (nSPS) is 12.4.